The second kappa shape index (κ2) is 57.6. The second-order valence-electron chi connectivity index (χ2n) is 39.6. The molecule has 10 atom stereocenters. The van der Waals surface area contributed by atoms with Crippen LogP contribution in [0.5, 0.6) is 0 Å². The van der Waals surface area contributed by atoms with Crippen molar-refractivity contribution in [2.75, 3.05) is 6.54 Å². The van der Waals surface area contributed by atoms with Gasteiger partial charge in [-0.05, 0) is 163 Å². The third-order valence-corrected chi connectivity index (χ3v) is 30.3. The summed E-state index contributed by atoms with van der Waals surface area (Å²) >= 11 is 0. The molecule has 2 aromatic heterocycles. The fourth-order valence-corrected chi connectivity index (χ4v) is 23.1. The predicted octanol–water partition coefficient (Wildman–Crippen LogP) is 28.8. The van der Waals surface area contributed by atoms with Crippen molar-refractivity contribution in [2.45, 2.75) is 510 Å². The van der Waals surface area contributed by atoms with Crippen LogP contribution in [0.25, 0.3) is 21.5 Å². The monoisotopic (exact) mass is 1640 g/mol. The third kappa shape index (κ3) is 32.7. The van der Waals surface area contributed by atoms with Gasteiger partial charge in [0, 0.05) is 48.5 Å². The van der Waals surface area contributed by atoms with Gasteiger partial charge >= 0.3 is 0 Å². The normalized spacial score (nSPS) is 20.8. The largest absolute Gasteiger partial charge is 0.275 e. The number of carbonyl (C=O) groups is 4. The molecule has 4 aliphatic rings. The number of benzene rings is 1. The number of carbonyl (C=O) groups excluding carboxylic acids is 4. The Morgan fingerprint density at radius 1 is 0.254 bits per heavy atom. The van der Waals surface area contributed by atoms with Crippen molar-refractivity contribution in [3.05, 3.63) is 77.9 Å². The van der Waals surface area contributed by atoms with E-state index in [2.05, 4.69) is 55.4 Å². The first-order valence-electron chi connectivity index (χ1n) is 51.5. The first-order chi connectivity index (χ1) is 57.5. The van der Waals surface area contributed by atoms with Crippen LogP contribution >= 0.6 is 0 Å². The summed E-state index contributed by atoms with van der Waals surface area (Å²) in [5.41, 5.74) is -2.37. The first kappa shape index (κ1) is 100. The predicted molar refractivity (Wildman–Crippen MR) is 500 cm³/mol. The standard InChI is InChI=1S/C106H178N4O8/c1-9-15-21-27-39-51-65-89-85(61-47-23-17-11-3)70-72-88(91(89)67-53-41-31-35-45-59-81-107-97(111)73-74-98(107)112)64-50-38-30-34-44-58-80-106(8,79-56-26-20-14-6)110-103(117)95-83-93-94(84-96(95)104(110)118)102(116)108(101(93)115)82-60-46-36-32-42-54-68-92-87(71-69-86(62-48-24-18-12-4)90(92)66-52-40-28-22-16-10-2)63-49-37-29-33-43-57-78-105(7,77-55-25-19-13-5)109-99(113)75-76-100(109)114/h73-76,83-92H,9-72,77-82H2,1-8H3. The molecule has 0 radical (unpaired) electrons. The molecule has 670 valence electrons. The lowest BCUT2D eigenvalue weighted by Gasteiger charge is -2.44. The van der Waals surface area contributed by atoms with Gasteiger partial charge in [-0.1, -0.05) is 388 Å². The van der Waals surface area contributed by atoms with E-state index in [9.17, 15) is 38.4 Å². The van der Waals surface area contributed by atoms with E-state index >= 15 is 0 Å². The minimum atomic E-state index is -0.664. The number of aromatic nitrogens is 2. The molecular formula is C106H178N4O8. The lowest BCUT2D eigenvalue weighted by atomic mass is 9.61. The molecule has 0 N–H and O–H groups in total. The number of unbranched alkanes of at least 4 members (excludes halogenated alkanes) is 42. The van der Waals surface area contributed by atoms with Crippen molar-refractivity contribution in [3.63, 3.8) is 0 Å². The van der Waals surface area contributed by atoms with E-state index in [4.69, 9.17) is 0 Å². The van der Waals surface area contributed by atoms with E-state index in [1.807, 2.05) is 0 Å². The Hall–Kier alpha value is -4.74. The average molecular weight is 1640 g/mol. The molecule has 4 heterocycles. The number of rotatable bonds is 72. The zero-order chi connectivity index (χ0) is 84.6. The summed E-state index contributed by atoms with van der Waals surface area (Å²) in [5.74, 6) is 6.11. The van der Waals surface area contributed by atoms with Crippen LogP contribution in [-0.4, -0.2) is 54.6 Å². The molecule has 1 aromatic carbocycles. The third-order valence-electron chi connectivity index (χ3n) is 30.3. The van der Waals surface area contributed by atoms with E-state index in [-0.39, 0.29) is 67.4 Å². The molecule has 2 saturated carbocycles. The summed E-state index contributed by atoms with van der Waals surface area (Å²) in [6.45, 7) is 18.9. The average Bonchev–Trinajstić information content (AvgIpc) is 1.57. The summed E-state index contributed by atoms with van der Waals surface area (Å²) in [6.07, 6.45) is 89.2. The maximum Gasteiger partial charge on any atom is 0.262 e. The van der Waals surface area contributed by atoms with Gasteiger partial charge in [0.1, 0.15) is 0 Å². The van der Waals surface area contributed by atoms with Gasteiger partial charge in [0.15, 0.2) is 0 Å². The Morgan fingerprint density at radius 3 is 0.797 bits per heavy atom. The summed E-state index contributed by atoms with van der Waals surface area (Å²) in [7, 11) is 0. The highest BCUT2D eigenvalue weighted by atomic mass is 16.2. The van der Waals surface area contributed by atoms with Gasteiger partial charge in [-0.2, -0.15) is 0 Å². The minimum absolute atomic E-state index is 0.138. The molecule has 2 aliphatic heterocycles. The van der Waals surface area contributed by atoms with Gasteiger partial charge in [-0.15, -0.1) is 0 Å². The van der Waals surface area contributed by atoms with Gasteiger partial charge < -0.3 is 0 Å². The number of nitrogens with zero attached hydrogens (tertiary/aromatic N) is 4. The number of hydrogen-bond acceptors (Lipinski definition) is 8. The molecular weight excluding hydrogens is 1460 g/mol. The van der Waals surface area contributed by atoms with Crippen LogP contribution in [0.2, 0.25) is 0 Å². The number of amides is 4. The van der Waals surface area contributed by atoms with Crippen LogP contribution in [0, 0.1) is 47.3 Å². The Balaban J connectivity index is 0.902. The molecule has 7 rings (SSSR count). The maximum absolute atomic E-state index is 14.8. The second-order valence-corrected chi connectivity index (χ2v) is 39.6. The molecule has 12 heteroatoms. The van der Waals surface area contributed by atoms with Crippen LogP contribution in [0.1, 0.15) is 492 Å². The van der Waals surface area contributed by atoms with Crippen molar-refractivity contribution in [1.82, 2.24) is 18.9 Å². The maximum atomic E-state index is 14.8. The summed E-state index contributed by atoms with van der Waals surface area (Å²) in [5, 5.41) is 1.09. The fourth-order valence-electron chi connectivity index (χ4n) is 23.1. The smallest absolute Gasteiger partial charge is 0.262 e. The fraction of sp³-hybridized carbons (Fsp3) is 0.830. The van der Waals surface area contributed by atoms with Crippen molar-refractivity contribution in [3.8, 4) is 0 Å². The van der Waals surface area contributed by atoms with Gasteiger partial charge in [0.25, 0.3) is 45.9 Å². The summed E-state index contributed by atoms with van der Waals surface area (Å²) in [4.78, 5) is 111. The van der Waals surface area contributed by atoms with E-state index in [0.717, 1.165) is 182 Å². The van der Waals surface area contributed by atoms with Crippen LogP contribution < -0.4 is 22.2 Å². The number of hydrogen-bond donors (Lipinski definition) is 0. The summed E-state index contributed by atoms with van der Waals surface area (Å²) < 4.78 is 2.93. The van der Waals surface area contributed by atoms with E-state index in [0.29, 0.717) is 13.1 Å². The van der Waals surface area contributed by atoms with E-state index in [1.54, 1.807) is 21.6 Å². The van der Waals surface area contributed by atoms with Gasteiger partial charge in [0.2, 0.25) is 0 Å². The quantitative estimate of drug-likeness (QED) is 0.0400. The Labute approximate surface area is 720 Å². The van der Waals surface area contributed by atoms with Crippen LogP contribution in [0.15, 0.2) is 55.6 Å². The van der Waals surface area contributed by atoms with Crippen LogP contribution in [-0.2, 0) is 31.3 Å². The highest BCUT2D eigenvalue weighted by molar-refractivity contribution is 6.14. The molecule has 10 unspecified atom stereocenters. The molecule has 3 aromatic rings. The van der Waals surface area contributed by atoms with Gasteiger partial charge in [0.05, 0.1) is 21.5 Å². The highest BCUT2D eigenvalue weighted by Crippen LogP contribution is 2.50. The first-order valence-corrected chi connectivity index (χ1v) is 51.5. The molecule has 2 fully saturated rings. The Bertz CT molecular complexity index is 3450. The molecule has 4 amide bonds. The van der Waals surface area contributed by atoms with E-state index < -0.39 is 11.1 Å². The molecule has 118 heavy (non-hydrogen) atoms. The van der Waals surface area contributed by atoms with Crippen LogP contribution in [0.4, 0.5) is 0 Å². The topological polar surface area (TPSA) is 153 Å². The Morgan fingerprint density at radius 2 is 0.483 bits per heavy atom. The van der Waals surface area contributed by atoms with Crippen molar-refractivity contribution in [2.24, 2.45) is 47.3 Å². The van der Waals surface area contributed by atoms with Crippen molar-refractivity contribution in [1.29, 1.82) is 0 Å². The summed E-state index contributed by atoms with van der Waals surface area (Å²) in [6, 6.07) is 3.20. The number of fused-ring (bicyclic) bond motifs is 2. The molecule has 2 aliphatic carbocycles. The van der Waals surface area contributed by atoms with Crippen LogP contribution in [0.3, 0.4) is 0 Å². The Kier molecular flexibility index (Phi) is 49.0. The van der Waals surface area contributed by atoms with E-state index in [1.165, 1.54) is 336 Å². The SMILES string of the molecule is CCCCCCCCC1C(CCCCCC)CCC(CCCCCCCCC(C)(CCCCCC)n2c(=O)c3cc4c(=O)n(CCCCCCCCC5C(CCCCCCCCC(C)(CCCCCC)N6C(=O)C=CC6=O)CCC(CCCCCC)C5CCCCCCCC)c(=O)c4cc3c2=O)C1CCCCCCCCN1C(=O)C=CC1=O. The number of imide groups is 2. The zero-order valence-corrected chi connectivity index (χ0v) is 77.6. The van der Waals surface area contributed by atoms with Crippen molar-refractivity contribution >= 4 is 45.2 Å². The van der Waals surface area contributed by atoms with Gasteiger partial charge in [-0.25, -0.2) is 0 Å². The lowest BCUT2D eigenvalue weighted by molar-refractivity contribution is -0.144. The molecule has 0 spiro atoms. The lowest BCUT2D eigenvalue weighted by Crippen LogP contribution is -2.49. The molecule has 0 bridgehead atoms. The minimum Gasteiger partial charge on any atom is -0.275 e. The van der Waals surface area contributed by atoms with Gasteiger partial charge in [-0.3, -0.25) is 57.3 Å². The molecule has 12 nitrogen and oxygen atoms in total. The van der Waals surface area contributed by atoms with Crippen molar-refractivity contribution < 1.29 is 19.2 Å². The zero-order valence-electron chi connectivity index (χ0n) is 77.6. The molecule has 0 saturated heterocycles. The highest BCUT2D eigenvalue weighted by Gasteiger charge is 2.42.